The van der Waals surface area contributed by atoms with Crippen molar-refractivity contribution in [2.45, 2.75) is 25.2 Å². The van der Waals surface area contributed by atoms with Gasteiger partial charge in [0.2, 0.25) is 0 Å². The molecule has 1 aliphatic carbocycles. The Balaban J connectivity index is 2.12. The minimum Gasteiger partial charge on any atom is -0.0843 e. The van der Waals surface area contributed by atoms with Crippen LogP contribution in [0.2, 0.25) is 5.02 Å². The molecule has 0 saturated carbocycles. The van der Waals surface area contributed by atoms with Crippen molar-refractivity contribution in [3.8, 4) is 0 Å². The minimum absolute atomic E-state index is 0.154. The summed E-state index contributed by atoms with van der Waals surface area (Å²) in [6, 6.07) is 17.1. The number of benzene rings is 2. The Morgan fingerprint density at radius 2 is 1.71 bits per heavy atom. The Kier molecular flexibility index (Phi) is 2.48. The van der Waals surface area contributed by atoms with Gasteiger partial charge in [0.25, 0.3) is 0 Å². The number of aryl methyl sites for hydroxylation is 1. The van der Waals surface area contributed by atoms with E-state index in [9.17, 15) is 0 Å². The maximum absolute atomic E-state index is 5.96. The number of halogens is 1. The molecule has 0 radical (unpaired) electrons. The van der Waals surface area contributed by atoms with Crippen LogP contribution in [-0.4, -0.2) is 0 Å². The number of fused-ring (bicyclic) bond motifs is 1. The second-order valence-electron chi connectivity index (χ2n) is 5.00. The monoisotopic (exact) mass is 242 g/mol. The van der Waals surface area contributed by atoms with Gasteiger partial charge < -0.3 is 0 Å². The summed E-state index contributed by atoms with van der Waals surface area (Å²) in [6.07, 6.45) is 2.36. The van der Waals surface area contributed by atoms with Crippen LogP contribution in [0.15, 0.2) is 48.5 Å². The number of hydrogen-bond donors (Lipinski definition) is 0. The normalized spacial score (nSPS) is 22.5. The van der Waals surface area contributed by atoms with E-state index in [1.165, 1.54) is 29.5 Å². The predicted molar refractivity (Wildman–Crippen MR) is 72.7 cm³/mol. The molecule has 1 aliphatic rings. The Morgan fingerprint density at radius 1 is 1.00 bits per heavy atom. The lowest BCUT2D eigenvalue weighted by Crippen LogP contribution is -2.19. The van der Waals surface area contributed by atoms with Crippen molar-refractivity contribution in [3.63, 3.8) is 0 Å². The van der Waals surface area contributed by atoms with Crippen molar-refractivity contribution in [2.24, 2.45) is 0 Å². The zero-order chi connectivity index (χ0) is 11.9. The SMILES string of the molecule is CC1(c2ccc(Cl)cc2)CCc2ccccc21. The Bertz CT molecular complexity index is 542. The van der Waals surface area contributed by atoms with E-state index in [1.807, 2.05) is 12.1 Å². The fourth-order valence-electron chi connectivity index (χ4n) is 2.91. The van der Waals surface area contributed by atoms with Crippen LogP contribution in [0, 0.1) is 0 Å². The molecule has 1 atom stereocenters. The van der Waals surface area contributed by atoms with Crippen molar-refractivity contribution in [1.82, 2.24) is 0 Å². The van der Waals surface area contributed by atoms with Crippen LogP contribution >= 0.6 is 11.6 Å². The van der Waals surface area contributed by atoms with Crippen LogP contribution in [0.1, 0.15) is 30.0 Å². The average Bonchev–Trinajstić information content (AvgIpc) is 2.70. The van der Waals surface area contributed by atoms with Gasteiger partial charge >= 0.3 is 0 Å². The average molecular weight is 243 g/mol. The zero-order valence-corrected chi connectivity index (χ0v) is 10.7. The first-order valence-electron chi connectivity index (χ1n) is 6.04. The quantitative estimate of drug-likeness (QED) is 0.686. The topological polar surface area (TPSA) is 0 Å². The maximum Gasteiger partial charge on any atom is 0.0406 e. The summed E-state index contributed by atoms with van der Waals surface area (Å²) in [5, 5.41) is 0.809. The fourth-order valence-corrected chi connectivity index (χ4v) is 3.04. The van der Waals surface area contributed by atoms with Gasteiger partial charge in [-0.1, -0.05) is 54.9 Å². The first-order chi connectivity index (χ1) is 8.20. The molecule has 2 aromatic carbocycles. The van der Waals surface area contributed by atoms with Gasteiger partial charge in [-0.05, 0) is 41.7 Å². The van der Waals surface area contributed by atoms with Gasteiger partial charge in [0, 0.05) is 10.4 Å². The van der Waals surface area contributed by atoms with Gasteiger partial charge in [-0.25, -0.2) is 0 Å². The summed E-state index contributed by atoms with van der Waals surface area (Å²) in [4.78, 5) is 0. The van der Waals surface area contributed by atoms with Crippen LogP contribution in [0.3, 0.4) is 0 Å². The van der Waals surface area contributed by atoms with Crippen LogP contribution < -0.4 is 0 Å². The van der Waals surface area contributed by atoms with E-state index in [4.69, 9.17) is 11.6 Å². The van der Waals surface area contributed by atoms with Crippen LogP contribution in [-0.2, 0) is 11.8 Å². The highest BCUT2D eigenvalue weighted by Crippen LogP contribution is 2.43. The molecule has 0 heterocycles. The third-order valence-electron chi connectivity index (χ3n) is 3.99. The molecule has 0 nitrogen and oxygen atoms in total. The highest BCUT2D eigenvalue weighted by Gasteiger charge is 2.35. The van der Waals surface area contributed by atoms with Gasteiger partial charge in [-0.15, -0.1) is 0 Å². The Labute approximate surface area is 107 Å². The molecule has 3 rings (SSSR count). The second-order valence-corrected chi connectivity index (χ2v) is 5.43. The molecule has 0 bridgehead atoms. The lowest BCUT2D eigenvalue weighted by molar-refractivity contribution is 0.566. The van der Waals surface area contributed by atoms with E-state index in [0.717, 1.165) is 5.02 Å². The molecule has 0 spiro atoms. The third kappa shape index (κ3) is 1.68. The number of hydrogen-bond acceptors (Lipinski definition) is 0. The van der Waals surface area contributed by atoms with E-state index in [2.05, 4.69) is 43.3 Å². The van der Waals surface area contributed by atoms with Gasteiger partial charge in [0.05, 0.1) is 0 Å². The summed E-state index contributed by atoms with van der Waals surface area (Å²) in [6.45, 7) is 2.34. The van der Waals surface area contributed by atoms with E-state index >= 15 is 0 Å². The lowest BCUT2D eigenvalue weighted by atomic mass is 9.77. The standard InChI is InChI=1S/C16H15Cl/c1-16(13-6-8-14(17)9-7-13)11-10-12-4-2-3-5-15(12)16/h2-9H,10-11H2,1H3. The van der Waals surface area contributed by atoms with Gasteiger partial charge in [0.1, 0.15) is 0 Å². The molecular formula is C16H15Cl. The van der Waals surface area contributed by atoms with Gasteiger partial charge in [0.15, 0.2) is 0 Å². The summed E-state index contributed by atoms with van der Waals surface area (Å²) in [7, 11) is 0. The molecule has 1 heteroatoms. The lowest BCUT2D eigenvalue weighted by Gasteiger charge is -2.26. The van der Waals surface area contributed by atoms with E-state index in [-0.39, 0.29) is 5.41 Å². The molecule has 0 saturated heterocycles. The Hall–Kier alpha value is -1.27. The van der Waals surface area contributed by atoms with Crippen LogP contribution in [0.5, 0.6) is 0 Å². The minimum atomic E-state index is 0.154. The Morgan fingerprint density at radius 3 is 2.47 bits per heavy atom. The molecule has 1 unspecified atom stereocenters. The summed E-state index contributed by atoms with van der Waals surface area (Å²) in [5.41, 5.74) is 4.49. The number of rotatable bonds is 1. The van der Waals surface area contributed by atoms with Crippen molar-refractivity contribution < 1.29 is 0 Å². The van der Waals surface area contributed by atoms with E-state index in [1.54, 1.807) is 0 Å². The van der Waals surface area contributed by atoms with Crippen molar-refractivity contribution >= 4 is 11.6 Å². The molecule has 0 aliphatic heterocycles. The van der Waals surface area contributed by atoms with E-state index in [0.29, 0.717) is 0 Å². The van der Waals surface area contributed by atoms with E-state index < -0.39 is 0 Å². The first kappa shape index (κ1) is 10.9. The molecule has 17 heavy (non-hydrogen) atoms. The van der Waals surface area contributed by atoms with Crippen LogP contribution in [0.4, 0.5) is 0 Å². The third-order valence-corrected chi connectivity index (χ3v) is 4.24. The molecular weight excluding hydrogens is 228 g/mol. The highest BCUT2D eigenvalue weighted by molar-refractivity contribution is 6.30. The summed E-state index contributed by atoms with van der Waals surface area (Å²) >= 11 is 5.96. The van der Waals surface area contributed by atoms with Gasteiger partial charge in [-0.3, -0.25) is 0 Å². The summed E-state index contributed by atoms with van der Waals surface area (Å²) in [5.74, 6) is 0. The molecule has 86 valence electrons. The molecule has 0 aromatic heterocycles. The highest BCUT2D eigenvalue weighted by atomic mass is 35.5. The van der Waals surface area contributed by atoms with Crippen molar-refractivity contribution in [1.29, 1.82) is 0 Å². The summed E-state index contributed by atoms with van der Waals surface area (Å²) < 4.78 is 0. The largest absolute Gasteiger partial charge is 0.0843 e. The molecule has 0 fully saturated rings. The smallest absolute Gasteiger partial charge is 0.0406 e. The van der Waals surface area contributed by atoms with Gasteiger partial charge in [-0.2, -0.15) is 0 Å². The second kappa shape index (κ2) is 3.89. The first-order valence-corrected chi connectivity index (χ1v) is 6.42. The predicted octanol–water partition coefficient (Wildman–Crippen LogP) is 4.59. The zero-order valence-electron chi connectivity index (χ0n) is 9.91. The van der Waals surface area contributed by atoms with Crippen molar-refractivity contribution in [3.05, 3.63) is 70.2 Å². The molecule has 2 aromatic rings. The molecule has 0 amide bonds. The van der Waals surface area contributed by atoms with Crippen molar-refractivity contribution in [2.75, 3.05) is 0 Å². The fraction of sp³-hybridized carbons (Fsp3) is 0.250. The maximum atomic E-state index is 5.96. The van der Waals surface area contributed by atoms with Crippen LogP contribution in [0.25, 0.3) is 0 Å². The molecule has 0 N–H and O–H groups in total.